The van der Waals surface area contributed by atoms with E-state index in [0.29, 0.717) is 24.8 Å². The van der Waals surface area contributed by atoms with E-state index in [2.05, 4.69) is 0 Å². The fourth-order valence-electron chi connectivity index (χ4n) is 5.45. The largest absolute Gasteiger partial charge is 0.490 e. The molecule has 0 saturated heterocycles. The van der Waals surface area contributed by atoms with Crippen molar-refractivity contribution in [1.29, 1.82) is 0 Å². The summed E-state index contributed by atoms with van der Waals surface area (Å²) in [4.78, 5) is 0. The highest BCUT2D eigenvalue weighted by Gasteiger charge is 2.56. The van der Waals surface area contributed by atoms with Gasteiger partial charge in [0.1, 0.15) is 5.82 Å². The number of aliphatic hydroxyl groups excluding tert-OH is 1. The van der Waals surface area contributed by atoms with E-state index in [4.69, 9.17) is 4.74 Å². The molecule has 2 nitrogen and oxygen atoms in total. The Morgan fingerprint density at radius 1 is 1.03 bits per heavy atom. The monoisotopic (exact) mass is 426 g/mol. The number of fused-ring (bicyclic) bond motifs is 3. The summed E-state index contributed by atoms with van der Waals surface area (Å²) in [5.41, 5.74) is -1.46. The van der Waals surface area contributed by atoms with E-state index < -0.39 is 34.2 Å². The molecule has 4 rings (SSSR count). The zero-order valence-corrected chi connectivity index (χ0v) is 16.5. The SMILES string of the molecule is C[C@]1(CO)CCC[C@@]2(Cc3ccc(C(F)(F)F)cc3)c3c(F)ccc(F)c3OC[C@@H]12. The first-order valence-corrected chi connectivity index (χ1v) is 9.99. The lowest BCUT2D eigenvalue weighted by atomic mass is 9.51. The Hall–Kier alpha value is -2.15. The second-order valence-corrected chi connectivity index (χ2v) is 8.79. The normalized spacial score (nSPS) is 28.4. The van der Waals surface area contributed by atoms with Gasteiger partial charge < -0.3 is 9.84 Å². The molecular weight excluding hydrogens is 403 g/mol. The van der Waals surface area contributed by atoms with Gasteiger partial charge in [-0.2, -0.15) is 13.2 Å². The summed E-state index contributed by atoms with van der Waals surface area (Å²) in [7, 11) is 0. The Balaban J connectivity index is 1.85. The van der Waals surface area contributed by atoms with E-state index in [1.54, 1.807) is 0 Å². The maximum atomic E-state index is 15.1. The van der Waals surface area contributed by atoms with Gasteiger partial charge >= 0.3 is 6.18 Å². The van der Waals surface area contributed by atoms with E-state index in [0.717, 1.165) is 24.3 Å². The van der Waals surface area contributed by atoms with E-state index in [9.17, 15) is 22.7 Å². The van der Waals surface area contributed by atoms with Crippen molar-refractivity contribution in [2.75, 3.05) is 13.2 Å². The number of ether oxygens (including phenoxy) is 1. The maximum absolute atomic E-state index is 15.1. The topological polar surface area (TPSA) is 29.5 Å². The summed E-state index contributed by atoms with van der Waals surface area (Å²) in [5.74, 6) is -1.69. The van der Waals surface area contributed by atoms with E-state index in [1.807, 2.05) is 6.92 Å². The standard InChI is InChI=1S/C23H23F5O2/c1-21(13-29)9-2-10-22(11-14-3-5-15(6-4-14)23(26,27)28)18(21)12-30-20-17(25)8-7-16(24)19(20)22/h3-8,18,29H,2,9-13H2,1H3/t18-,21+,22-/m0/s1. The van der Waals surface area contributed by atoms with Crippen LogP contribution in [0.4, 0.5) is 22.0 Å². The molecule has 1 saturated carbocycles. The van der Waals surface area contributed by atoms with Crippen LogP contribution in [0.1, 0.15) is 42.9 Å². The van der Waals surface area contributed by atoms with Gasteiger partial charge in [-0.1, -0.05) is 25.5 Å². The van der Waals surface area contributed by atoms with E-state index in [1.165, 1.54) is 12.1 Å². The molecule has 2 aromatic rings. The van der Waals surface area contributed by atoms with Crippen molar-refractivity contribution in [2.45, 2.75) is 44.2 Å². The minimum Gasteiger partial charge on any atom is -0.490 e. The second kappa shape index (κ2) is 7.22. The zero-order valence-electron chi connectivity index (χ0n) is 16.5. The van der Waals surface area contributed by atoms with Crippen LogP contribution in [0, 0.1) is 23.0 Å². The molecule has 1 aliphatic carbocycles. The average molecular weight is 426 g/mol. The van der Waals surface area contributed by atoms with Gasteiger partial charge in [-0.25, -0.2) is 8.78 Å². The third kappa shape index (κ3) is 3.27. The smallest absolute Gasteiger partial charge is 0.416 e. The number of aliphatic hydroxyl groups is 1. The highest BCUT2D eigenvalue weighted by Crippen LogP contribution is 2.58. The molecule has 0 radical (unpaired) electrons. The van der Waals surface area contributed by atoms with Crippen LogP contribution >= 0.6 is 0 Å². The van der Waals surface area contributed by atoms with Crippen LogP contribution in [0.5, 0.6) is 5.75 Å². The number of alkyl halides is 3. The minimum absolute atomic E-state index is 0.116. The molecular formula is C23H23F5O2. The van der Waals surface area contributed by atoms with Gasteiger partial charge in [0.15, 0.2) is 11.6 Å². The predicted molar refractivity (Wildman–Crippen MR) is 101 cm³/mol. The van der Waals surface area contributed by atoms with Gasteiger partial charge in [0.2, 0.25) is 0 Å². The lowest BCUT2D eigenvalue weighted by Gasteiger charge is -2.55. The lowest BCUT2D eigenvalue weighted by molar-refractivity contribution is -0.137. The fraction of sp³-hybridized carbons (Fsp3) is 0.478. The van der Waals surface area contributed by atoms with E-state index >= 15 is 4.39 Å². The summed E-state index contributed by atoms with van der Waals surface area (Å²) in [5, 5.41) is 10.1. The minimum atomic E-state index is -4.44. The number of hydrogen-bond donors (Lipinski definition) is 1. The van der Waals surface area contributed by atoms with Gasteiger partial charge in [-0.05, 0) is 54.5 Å². The van der Waals surface area contributed by atoms with Gasteiger partial charge in [0.25, 0.3) is 0 Å². The summed E-state index contributed by atoms with van der Waals surface area (Å²) in [6, 6.07) is 6.90. The Morgan fingerprint density at radius 2 is 1.70 bits per heavy atom. The summed E-state index contributed by atoms with van der Waals surface area (Å²) in [6.07, 6.45) is -2.28. The molecule has 162 valence electrons. The molecule has 30 heavy (non-hydrogen) atoms. The quantitative estimate of drug-likeness (QED) is 0.643. The van der Waals surface area contributed by atoms with Crippen LogP contribution in [-0.2, 0) is 18.0 Å². The molecule has 7 heteroatoms. The highest BCUT2D eigenvalue weighted by molar-refractivity contribution is 5.47. The summed E-state index contributed by atoms with van der Waals surface area (Å²) in [6.45, 7) is 1.89. The zero-order chi connectivity index (χ0) is 21.7. The summed E-state index contributed by atoms with van der Waals surface area (Å²) < 4.78 is 74.1. The van der Waals surface area contributed by atoms with Gasteiger partial charge in [-0.3, -0.25) is 0 Å². The van der Waals surface area contributed by atoms with Crippen LogP contribution in [0.15, 0.2) is 36.4 Å². The number of rotatable bonds is 3. The molecule has 0 amide bonds. The predicted octanol–water partition coefficient (Wildman–Crippen LogP) is 5.66. The molecule has 1 heterocycles. The number of hydrogen-bond acceptors (Lipinski definition) is 2. The van der Waals surface area contributed by atoms with Gasteiger partial charge in [0.05, 0.1) is 12.2 Å². The average Bonchev–Trinajstić information content (AvgIpc) is 2.70. The van der Waals surface area contributed by atoms with Gasteiger partial charge in [0, 0.05) is 23.5 Å². The Bertz CT molecular complexity index is 940. The first kappa shape index (κ1) is 21.1. The Kier molecular flexibility index (Phi) is 5.08. The third-order valence-electron chi connectivity index (χ3n) is 6.99. The molecule has 1 aliphatic heterocycles. The molecule has 0 bridgehead atoms. The molecule has 0 spiro atoms. The summed E-state index contributed by atoms with van der Waals surface area (Å²) >= 11 is 0. The van der Waals surface area contributed by atoms with Gasteiger partial charge in [-0.15, -0.1) is 0 Å². The third-order valence-corrected chi connectivity index (χ3v) is 6.99. The molecule has 1 fully saturated rings. The molecule has 0 aromatic heterocycles. The fourth-order valence-corrected chi connectivity index (χ4v) is 5.45. The van der Waals surface area contributed by atoms with Crippen molar-refractivity contribution in [3.05, 3.63) is 64.7 Å². The van der Waals surface area contributed by atoms with Crippen molar-refractivity contribution in [1.82, 2.24) is 0 Å². The van der Waals surface area contributed by atoms with Crippen LogP contribution in [0.3, 0.4) is 0 Å². The molecule has 1 N–H and O–H groups in total. The van der Waals surface area contributed by atoms with Crippen LogP contribution < -0.4 is 4.74 Å². The lowest BCUT2D eigenvalue weighted by Crippen LogP contribution is -2.56. The number of halogens is 5. The molecule has 0 unspecified atom stereocenters. The molecule has 2 aliphatic rings. The Labute approximate surface area is 171 Å². The van der Waals surface area contributed by atoms with Crippen LogP contribution in [0.2, 0.25) is 0 Å². The molecule has 3 atom stereocenters. The van der Waals surface area contributed by atoms with Crippen molar-refractivity contribution >= 4 is 0 Å². The molecule has 2 aromatic carbocycles. The second-order valence-electron chi connectivity index (χ2n) is 8.79. The van der Waals surface area contributed by atoms with Crippen molar-refractivity contribution in [2.24, 2.45) is 11.3 Å². The van der Waals surface area contributed by atoms with Crippen LogP contribution in [0.25, 0.3) is 0 Å². The van der Waals surface area contributed by atoms with Crippen molar-refractivity contribution in [3.63, 3.8) is 0 Å². The van der Waals surface area contributed by atoms with Crippen LogP contribution in [-0.4, -0.2) is 18.3 Å². The number of benzene rings is 2. The maximum Gasteiger partial charge on any atom is 0.416 e. The first-order valence-electron chi connectivity index (χ1n) is 9.99. The Morgan fingerprint density at radius 3 is 2.33 bits per heavy atom. The van der Waals surface area contributed by atoms with Crippen molar-refractivity contribution < 1.29 is 31.8 Å². The van der Waals surface area contributed by atoms with Crippen molar-refractivity contribution in [3.8, 4) is 5.75 Å². The highest BCUT2D eigenvalue weighted by atomic mass is 19.4. The first-order chi connectivity index (χ1) is 14.1. The van der Waals surface area contributed by atoms with E-state index in [-0.39, 0.29) is 36.9 Å².